The van der Waals surface area contributed by atoms with E-state index >= 15 is 0 Å². The van der Waals surface area contributed by atoms with Gasteiger partial charge >= 0.3 is 12.0 Å². The summed E-state index contributed by atoms with van der Waals surface area (Å²) in [5.41, 5.74) is -0.797. The van der Waals surface area contributed by atoms with Crippen molar-refractivity contribution >= 4 is 12.0 Å². The Morgan fingerprint density at radius 1 is 1.29 bits per heavy atom. The van der Waals surface area contributed by atoms with Gasteiger partial charge in [0, 0.05) is 26.2 Å². The third kappa shape index (κ3) is 3.15. The summed E-state index contributed by atoms with van der Waals surface area (Å²) in [4.78, 5) is 27.6. The third-order valence-corrected chi connectivity index (χ3v) is 5.11. The van der Waals surface area contributed by atoms with Crippen LogP contribution in [0.4, 0.5) is 4.79 Å². The van der Waals surface area contributed by atoms with Gasteiger partial charge in [-0.25, -0.2) is 4.79 Å². The molecule has 3 atom stereocenters. The first-order valence-electron chi connectivity index (χ1n) is 7.85. The van der Waals surface area contributed by atoms with Crippen molar-refractivity contribution in [3.63, 3.8) is 0 Å². The van der Waals surface area contributed by atoms with E-state index in [2.05, 4.69) is 0 Å². The molecule has 2 amide bonds. The fourth-order valence-electron chi connectivity index (χ4n) is 3.42. The second kappa shape index (κ2) is 6.22. The Bertz CT molecular complexity index is 414. The molecule has 0 aliphatic carbocycles. The van der Waals surface area contributed by atoms with Crippen LogP contribution in [0.3, 0.4) is 0 Å². The lowest BCUT2D eigenvalue weighted by molar-refractivity contribution is -0.152. The maximum Gasteiger partial charge on any atom is 0.320 e. The Labute approximate surface area is 125 Å². The molecule has 3 unspecified atom stereocenters. The largest absolute Gasteiger partial charge is 0.481 e. The Morgan fingerprint density at radius 2 is 2.00 bits per heavy atom. The first-order chi connectivity index (χ1) is 9.89. The summed E-state index contributed by atoms with van der Waals surface area (Å²) in [6, 6.07) is -0.0764. The van der Waals surface area contributed by atoms with Crippen molar-refractivity contribution in [3.8, 4) is 0 Å². The number of carboxylic acid groups (broad SMARTS) is 1. The predicted molar refractivity (Wildman–Crippen MR) is 77.9 cm³/mol. The van der Waals surface area contributed by atoms with Crippen LogP contribution in [-0.2, 0) is 4.79 Å². The molecular formula is C15H26N2O4. The highest BCUT2D eigenvalue weighted by Gasteiger charge is 2.43. The molecule has 0 spiro atoms. The molecule has 2 aliphatic rings. The van der Waals surface area contributed by atoms with Gasteiger partial charge < -0.3 is 20.0 Å². The van der Waals surface area contributed by atoms with Crippen LogP contribution in [-0.4, -0.2) is 64.3 Å². The SMILES string of the molecule is CCC1(C(=O)O)CCCN(C(=O)N2CCC(O)C(C)C2)C1. The van der Waals surface area contributed by atoms with Crippen molar-refractivity contribution in [2.24, 2.45) is 11.3 Å². The van der Waals surface area contributed by atoms with Gasteiger partial charge in [-0.15, -0.1) is 0 Å². The molecule has 120 valence electrons. The van der Waals surface area contributed by atoms with Gasteiger partial charge in [0.1, 0.15) is 0 Å². The van der Waals surface area contributed by atoms with Gasteiger partial charge in [-0.05, 0) is 31.6 Å². The maximum atomic E-state index is 12.6. The quantitative estimate of drug-likeness (QED) is 0.807. The maximum absolute atomic E-state index is 12.6. The summed E-state index contributed by atoms with van der Waals surface area (Å²) >= 11 is 0. The normalized spacial score (nSPS) is 33.9. The zero-order valence-corrected chi connectivity index (χ0v) is 12.9. The van der Waals surface area contributed by atoms with E-state index in [9.17, 15) is 19.8 Å². The predicted octanol–water partition coefficient (Wildman–Crippen LogP) is 1.39. The standard InChI is InChI=1S/C15H26N2O4/c1-3-15(13(19)20)6-4-7-17(10-15)14(21)16-8-5-12(18)11(2)9-16/h11-12,18H,3-10H2,1-2H3,(H,19,20). The number of rotatable bonds is 2. The topological polar surface area (TPSA) is 81.1 Å². The van der Waals surface area contributed by atoms with Gasteiger partial charge in [-0.3, -0.25) is 4.79 Å². The van der Waals surface area contributed by atoms with Crippen molar-refractivity contribution in [2.75, 3.05) is 26.2 Å². The van der Waals surface area contributed by atoms with Crippen LogP contribution in [0.25, 0.3) is 0 Å². The summed E-state index contributed by atoms with van der Waals surface area (Å²) in [6.45, 7) is 5.83. The lowest BCUT2D eigenvalue weighted by Gasteiger charge is -2.43. The van der Waals surface area contributed by atoms with E-state index in [1.54, 1.807) is 9.80 Å². The number of carbonyl (C=O) groups is 2. The molecular weight excluding hydrogens is 272 g/mol. The number of piperidine rings is 2. The van der Waals surface area contributed by atoms with Gasteiger partial charge in [0.05, 0.1) is 11.5 Å². The highest BCUT2D eigenvalue weighted by Crippen LogP contribution is 2.34. The number of nitrogens with zero attached hydrogens (tertiary/aromatic N) is 2. The van der Waals surface area contributed by atoms with E-state index in [0.29, 0.717) is 45.4 Å². The Hall–Kier alpha value is -1.30. The fourth-order valence-corrected chi connectivity index (χ4v) is 3.42. The molecule has 0 aromatic carbocycles. The summed E-state index contributed by atoms with van der Waals surface area (Å²) < 4.78 is 0. The number of likely N-dealkylation sites (tertiary alicyclic amines) is 2. The second-order valence-electron chi connectivity index (χ2n) is 6.53. The summed E-state index contributed by atoms with van der Waals surface area (Å²) in [7, 11) is 0. The van der Waals surface area contributed by atoms with E-state index in [4.69, 9.17) is 0 Å². The zero-order chi connectivity index (χ0) is 15.6. The van der Waals surface area contributed by atoms with Gasteiger partial charge in [-0.2, -0.15) is 0 Å². The van der Waals surface area contributed by atoms with E-state index in [1.165, 1.54) is 0 Å². The molecule has 0 saturated carbocycles. The van der Waals surface area contributed by atoms with Crippen LogP contribution in [0, 0.1) is 11.3 Å². The van der Waals surface area contributed by atoms with Crippen molar-refractivity contribution in [1.82, 2.24) is 9.80 Å². The van der Waals surface area contributed by atoms with Crippen LogP contribution in [0.15, 0.2) is 0 Å². The first kappa shape index (κ1) is 16.1. The minimum absolute atomic E-state index is 0.0721. The lowest BCUT2D eigenvalue weighted by atomic mass is 9.78. The van der Waals surface area contributed by atoms with Crippen LogP contribution >= 0.6 is 0 Å². The molecule has 2 heterocycles. The monoisotopic (exact) mass is 298 g/mol. The molecule has 0 bridgehead atoms. The van der Waals surface area contributed by atoms with Crippen molar-refractivity contribution in [3.05, 3.63) is 0 Å². The van der Waals surface area contributed by atoms with Crippen LogP contribution in [0.1, 0.15) is 39.5 Å². The molecule has 2 aliphatic heterocycles. The van der Waals surface area contributed by atoms with E-state index in [1.807, 2.05) is 13.8 Å². The molecule has 6 nitrogen and oxygen atoms in total. The van der Waals surface area contributed by atoms with Gasteiger partial charge in [-0.1, -0.05) is 13.8 Å². The van der Waals surface area contributed by atoms with Crippen LogP contribution in [0.2, 0.25) is 0 Å². The molecule has 21 heavy (non-hydrogen) atoms. The number of aliphatic carboxylic acids is 1. The third-order valence-electron chi connectivity index (χ3n) is 5.11. The Kier molecular flexibility index (Phi) is 4.76. The number of hydrogen-bond donors (Lipinski definition) is 2. The van der Waals surface area contributed by atoms with Gasteiger partial charge in [0.2, 0.25) is 0 Å². The smallest absolute Gasteiger partial charge is 0.320 e. The van der Waals surface area contributed by atoms with Crippen molar-refractivity contribution in [1.29, 1.82) is 0 Å². The van der Waals surface area contributed by atoms with Crippen LogP contribution in [0.5, 0.6) is 0 Å². The molecule has 2 N–H and O–H groups in total. The average molecular weight is 298 g/mol. The van der Waals surface area contributed by atoms with E-state index < -0.39 is 11.4 Å². The number of carbonyl (C=O) groups excluding carboxylic acids is 1. The average Bonchev–Trinajstić information content (AvgIpc) is 2.49. The minimum atomic E-state index is -0.801. The molecule has 6 heteroatoms. The number of amides is 2. The number of urea groups is 1. The minimum Gasteiger partial charge on any atom is -0.481 e. The summed E-state index contributed by atoms with van der Waals surface area (Å²) in [5, 5.41) is 19.2. The number of aliphatic hydroxyl groups excluding tert-OH is 1. The molecule has 0 radical (unpaired) electrons. The van der Waals surface area contributed by atoms with Crippen molar-refractivity contribution in [2.45, 2.75) is 45.6 Å². The highest BCUT2D eigenvalue weighted by atomic mass is 16.4. The van der Waals surface area contributed by atoms with E-state index in [0.717, 1.165) is 6.42 Å². The molecule has 2 rings (SSSR count). The molecule has 2 saturated heterocycles. The Balaban J connectivity index is 2.04. The van der Waals surface area contributed by atoms with Crippen LogP contribution < -0.4 is 0 Å². The number of carboxylic acids is 1. The molecule has 0 aromatic heterocycles. The summed E-state index contributed by atoms with van der Waals surface area (Å²) in [5.74, 6) is -0.729. The van der Waals surface area contributed by atoms with Gasteiger partial charge in [0.25, 0.3) is 0 Å². The number of aliphatic hydroxyl groups is 1. The summed E-state index contributed by atoms with van der Waals surface area (Å²) in [6.07, 6.45) is 2.17. The second-order valence-corrected chi connectivity index (χ2v) is 6.53. The fraction of sp³-hybridized carbons (Fsp3) is 0.867. The molecule has 0 aromatic rings. The number of hydrogen-bond acceptors (Lipinski definition) is 3. The Morgan fingerprint density at radius 3 is 2.57 bits per heavy atom. The lowest BCUT2D eigenvalue weighted by Crippen LogP contribution is -2.56. The first-order valence-corrected chi connectivity index (χ1v) is 7.85. The van der Waals surface area contributed by atoms with E-state index in [-0.39, 0.29) is 18.1 Å². The van der Waals surface area contributed by atoms with Crippen molar-refractivity contribution < 1.29 is 19.8 Å². The molecule has 2 fully saturated rings. The van der Waals surface area contributed by atoms with Gasteiger partial charge in [0.15, 0.2) is 0 Å². The highest BCUT2D eigenvalue weighted by molar-refractivity contribution is 5.79. The zero-order valence-electron chi connectivity index (χ0n) is 12.9.